The highest BCUT2D eigenvalue weighted by Crippen LogP contribution is 2.35. The number of hydrogen-bond donors (Lipinski definition) is 0. The number of ether oxygens (including phenoxy) is 6. The Kier molecular flexibility index (Phi) is 8.24. The van der Waals surface area contributed by atoms with E-state index in [1.54, 1.807) is 19.9 Å². The van der Waals surface area contributed by atoms with Gasteiger partial charge in [0.05, 0.1) is 13.2 Å². The van der Waals surface area contributed by atoms with Crippen molar-refractivity contribution in [3.8, 4) is 11.5 Å². The summed E-state index contributed by atoms with van der Waals surface area (Å²) in [5, 5.41) is 0. The lowest BCUT2D eigenvalue weighted by molar-refractivity contribution is -0.189. The van der Waals surface area contributed by atoms with Crippen molar-refractivity contribution in [2.75, 3.05) is 21.0 Å². The van der Waals surface area contributed by atoms with Crippen LogP contribution in [0.5, 0.6) is 11.5 Å². The first-order chi connectivity index (χ1) is 16.4. The van der Waals surface area contributed by atoms with E-state index in [0.717, 1.165) is 6.08 Å². The van der Waals surface area contributed by atoms with Crippen LogP contribution in [0.1, 0.15) is 42.6 Å². The molecule has 8 nitrogen and oxygen atoms in total. The van der Waals surface area contributed by atoms with Crippen LogP contribution in [-0.4, -0.2) is 63.0 Å². The number of ketones is 1. The van der Waals surface area contributed by atoms with E-state index in [1.807, 2.05) is 0 Å². The summed E-state index contributed by atoms with van der Waals surface area (Å²) in [4.78, 5) is 25.7. The van der Waals surface area contributed by atoms with Gasteiger partial charge in [-0.2, -0.15) is 13.2 Å². The van der Waals surface area contributed by atoms with Crippen molar-refractivity contribution in [1.29, 1.82) is 0 Å². The topological polar surface area (TPSA) is 89.5 Å². The van der Waals surface area contributed by atoms with Crippen LogP contribution in [0, 0.1) is 0 Å². The van der Waals surface area contributed by atoms with Crippen LogP contribution < -0.4 is 9.47 Å². The van der Waals surface area contributed by atoms with Crippen molar-refractivity contribution in [2.24, 2.45) is 0 Å². The van der Waals surface area contributed by atoms with Gasteiger partial charge in [-0.3, -0.25) is 4.79 Å². The largest absolute Gasteiger partial charge is 0.497 e. The van der Waals surface area contributed by atoms with E-state index in [0.29, 0.717) is 6.08 Å². The van der Waals surface area contributed by atoms with Crippen LogP contribution >= 0.6 is 0 Å². The Hall–Kier alpha value is -2.89. The fourth-order valence-corrected chi connectivity index (χ4v) is 3.74. The van der Waals surface area contributed by atoms with Gasteiger partial charge in [0, 0.05) is 19.6 Å². The molecule has 192 valence electrons. The van der Waals surface area contributed by atoms with E-state index in [4.69, 9.17) is 28.4 Å². The monoisotopic (exact) mass is 500 g/mol. The van der Waals surface area contributed by atoms with E-state index in [2.05, 4.69) is 0 Å². The second kappa shape index (κ2) is 10.8. The summed E-state index contributed by atoms with van der Waals surface area (Å²) in [6.45, 7) is 3.02. The van der Waals surface area contributed by atoms with Gasteiger partial charge in [0.15, 0.2) is 18.4 Å². The van der Waals surface area contributed by atoms with Crippen LogP contribution in [-0.2, 0) is 23.7 Å². The molecular weight excluding hydrogens is 473 g/mol. The molecule has 2 aliphatic heterocycles. The Labute approximate surface area is 200 Å². The molecule has 0 bridgehead atoms. The molecule has 1 aromatic carbocycles. The Morgan fingerprint density at radius 2 is 1.86 bits per heavy atom. The number of hydrogen-bond acceptors (Lipinski definition) is 8. The third-order valence-corrected chi connectivity index (χ3v) is 5.23. The van der Waals surface area contributed by atoms with E-state index >= 15 is 0 Å². The summed E-state index contributed by atoms with van der Waals surface area (Å²) in [5.41, 5.74) is -0.0566. The van der Waals surface area contributed by atoms with Crippen molar-refractivity contribution in [1.82, 2.24) is 0 Å². The second-order valence-electron chi connectivity index (χ2n) is 8.34. The van der Waals surface area contributed by atoms with E-state index in [9.17, 15) is 22.8 Å². The number of fused-ring (bicyclic) bond motifs is 2. The van der Waals surface area contributed by atoms with Gasteiger partial charge in [-0.1, -0.05) is 18.2 Å². The van der Waals surface area contributed by atoms with Crippen molar-refractivity contribution in [3.05, 3.63) is 41.5 Å². The zero-order valence-electron chi connectivity index (χ0n) is 19.7. The van der Waals surface area contributed by atoms with Gasteiger partial charge in [0.1, 0.15) is 23.2 Å². The van der Waals surface area contributed by atoms with Crippen LogP contribution in [0.4, 0.5) is 13.2 Å². The van der Waals surface area contributed by atoms with Crippen molar-refractivity contribution in [2.45, 2.75) is 57.0 Å². The molecule has 0 N–H and O–H groups in total. The molecule has 1 saturated heterocycles. The minimum atomic E-state index is -4.92. The van der Waals surface area contributed by atoms with Gasteiger partial charge in [-0.15, -0.1) is 0 Å². The molecule has 11 heteroatoms. The maximum atomic E-state index is 13.7. The molecule has 0 aliphatic carbocycles. The predicted octanol–water partition coefficient (Wildman–Crippen LogP) is 4.22. The van der Waals surface area contributed by atoms with Crippen LogP contribution in [0.25, 0.3) is 6.08 Å². The summed E-state index contributed by atoms with van der Waals surface area (Å²) in [6, 6.07) is 2.80. The number of methoxy groups -OCH3 is 2. The van der Waals surface area contributed by atoms with E-state index < -0.39 is 42.0 Å². The average molecular weight is 500 g/mol. The maximum absolute atomic E-state index is 13.7. The first kappa shape index (κ1) is 26.7. The number of Topliss-reactive ketones (excluding diaryl/α,β-unsaturated/α-hetero) is 1. The van der Waals surface area contributed by atoms with Gasteiger partial charge in [-0.25, -0.2) is 4.79 Å². The number of esters is 1. The molecule has 1 fully saturated rings. The van der Waals surface area contributed by atoms with Gasteiger partial charge in [0.2, 0.25) is 6.10 Å². The summed E-state index contributed by atoms with van der Waals surface area (Å²) in [6.07, 6.45) is -4.51. The number of halogens is 3. The fourth-order valence-electron chi connectivity index (χ4n) is 3.74. The van der Waals surface area contributed by atoms with Crippen molar-refractivity contribution < 1.29 is 51.2 Å². The summed E-state index contributed by atoms with van der Waals surface area (Å²) < 4.78 is 72.9. The zero-order valence-corrected chi connectivity index (χ0v) is 19.7. The minimum Gasteiger partial charge on any atom is -0.497 e. The fraction of sp³-hybridized carbons (Fsp3) is 0.500. The smallest absolute Gasteiger partial charge is 0.429 e. The molecule has 3 atom stereocenters. The van der Waals surface area contributed by atoms with Gasteiger partial charge in [-0.05, 0) is 38.0 Å². The predicted molar refractivity (Wildman–Crippen MR) is 117 cm³/mol. The lowest BCUT2D eigenvalue weighted by atomic mass is 10.0. The molecule has 2 heterocycles. The minimum absolute atomic E-state index is 0.0810. The summed E-state index contributed by atoms with van der Waals surface area (Å²) >= 11 is 0. The van der Waals surface area contributed by atoms with Gasteiger partial charge < -0.3 is 28.4 Å². The lowest BCUT2D eigenvalue weighted by Crippen LogP contribution is -2.33. The summed E-state index contributed by atoms with van der Waals surface area (Å²) in [7, 11) is 2.74. The Bertz CT molecular complexity index is 999. The second-order valence-corrected chi connectivity index (χ2v) is 8.34. The number of cyclic esters (lactones) is 1. The molecule has 35 heavy (non-hydrogen) atoms. The lowest BCUT2D eigenvalue weighted by Gasteiger charge is -2.20. The Morgan fingerprint density at radius 1 is 1.11 bits per heavy atom. The molecule has 0 radical (unpaired) electrons. The molecule has 0 aromatic heterocycles. The Balaban J connectivity index is 2.11. The number of alkyl halides is 3. The molecule has 0 saturated carbocycles. The van der Waals surface area contributed by atoms with Crippen LogP contribution in [0.3, 0.4) is 0 Å². The molecule has 0 amide bonds. The van der Waals surface area contributed by atoms with E-state index in [-0.39, 0.29) is 42.3 Å². The third-order valence-electron chi connectivity index (χ3n) is 5.23. The number of benzene rings is 1. The first-order valence-electron chi connectivity index (χ1n) is 10.8. The number of allylic oxidation sites excluding steroid dienone is 1. The average Bonchev–Trinajstić information content (AvgIpc) is 3.09. The number of rotatable bonds is 4. The number of carbonyl (C=O) groups excluding carboxylic acids is 2. The molecule has 0 spiro atoms. The summed E-state index contributed by atoms with van der Waals surface area (Å²) in [5.74, 6) is -2.57. The maximum Gasteiger partial charge on any atom is 0.429 e. The van der Waals surface area contributed by atoms with Gasteiger partial charge in [0.25, 0.3) is 0 Å². The highest BCUT2D eigenvalue weighted by molar-refractivity contribution is 5.97. The molecule has 1 aromatic rings. The molecule has 2 aliphatic rings. The van der Waals surface area contributed by atoms with Crippen LogP contribution in [0.2, 0.25) is 0 Å². The third kappa shape index (κ3) is 6.62. The molecular formula is C24H27F3O8. The SMILES string of the molecule is COCOc1cc(OC)cc2c1C(=O)O[C@@H](C(F)(F)F)C=CCC(=O)[C@H]1OC(C)(C)O[C@H]1CC=C2. The van der Waals surface area contributed by atoms with E-state index in [1.165, 1.54) is 32.4 Å². The first-order valence-corrected chi connectivity index (χ1v) is 10.8. The quantitative estimate of drug-likeness (QED) is 0.345. The number of carbonyl (C=O) groups is 2. The highest BCUT2D eigenvalue weighted by atomic mass is 19.4. The molecule has 3 rings (SSSR count). The van der Waals surface area contributed by atoms with Crippen molar-refractivity contribution >= 4 is 17.8 Å². The van der Waals surface area contributed by atoms with Gasteiger partial charge >= 0.3 is 12.1 Å². The Morgan fingerprint density at radius 3 is 2.51 bits per heavy atom. The molecule has 0 unspecified atom stereocenters. The normalized spacial score (nSPS) is 24.8. The standard InChI is InChI=1S/C24H27F3O8/c1-23(2)34-17-9-5-7-14-11-15(31-4)12-18(32-13-30-3)20(14)22(29)33-19(24(25,26)27)10-6-8-16(28)21(17)35-23/h5-7,10-12,17,19,21H,8-9,13H2,1-4H3/t17-,19+,21+/m0/s1. The van der Waals surface area contributed by atoms with Crippen LogP contribution in [0.15, 0.2) is 30.4 Å². The zero-order chi connectivity index (χ0) is 25.8. The highest BCUT2D eigenvalue weighted by Gasteiger charge is 2.45. The van der Waals surface area contributed by atoms with Crippen molar-refractivity contribution in [3.63, 3.8) is 0 Å².